The van der Waals surface area contributed by atoms with Crippen molar-refractivity contribution >= 4 is 12.1 Å². The van der Waals surface area contributed by atoms with E-state index in [1.165, 1.54) is 7.11 Å². The van der Waals surface area contributed by atoms with Gasteiger partial charge in [-0.1, -0.05) is 30.3 Å². The molecule has 1 aliphatic heterocycles. The summed E-state index contributed by atoms with van der Waals surface area (Å²) in [6.45, 7) is -0.679. The van der Waals surface area contributed by atoms with Gasteiger partial charge >= 0.3 is 12.1 Å². The van der Waals surface area contributed by atoms with E-state index in [1.54, 1.807) is 12.1 Å². The Morgan fingerprint density at radius 3 is 2.64 bits per heavy atom. The van der Waals surface area contributed by atoms with Gasteiger partial charge in [-0.15, -0.1) is 0 Å². The van der Waals surface area contributed by atoms with Gasteiger partial charge in [0.25, 0.3) is 0 Å². The lowest BCUT2D eigenvalue weighted by Crippen LogP contribution is -2.42. The molecule has 1 aromatic rings. The van der Waals surface area contributed by atoms with Crippen LogP contribution >= 0.6 is 0 Å². The summed E-state index contributed by atoms with van der Waals surface area (Å²) in [5, 5.41) is 19.3. The monoisotopic (exact) mass is 309 g/mol. The third-order valence-corrected chi connectivity index (χ3v) is 3.62. The summed E-state index contributed by atoms with van der Waals surface area (Å²) < 4.78 is 9.80. The molecular formula is C15H19NO6. The van der Waals surface area contributed by atoms with Gasteiger partial charge in [-0.25, -0.2) is 9.59 Å². The summed E-state index contributed by atoms with van der Waals surface area (Å²) in [7, 11) is 1.20. The number of rotatable bonds is 4. The Hall–Kier alpha value is -2.12. The van der Waals surface area contributed by atoms with Crippen LogP contribution in [0.2, 0.25) is 0 Å². The van der Waals surface area contributed by atoms with Crippen molar-refractivity contribution in [1.82, 2.24) is 4.90 Å². The zero-order chi connectivity index (χ0) is 16.2. The van der Waals surface area contributed by atoms with Crippen LogP contribution in [0.5, 0.6) is 0 Å². The van der Waals surface area contributed by atoms with Crippen LogP contribution in [0.1, 0.15) is 12.0 Å². The lowest BCUT2D eigenvalue weighted by Gasteiger charge is -2.22. The van der Waals surface area contributed by atoms with Gasteiger partial charge < -0.3 is 19.7 Å². The van der Waals surface area contributed by atoms with Crippen LogP contribution in [-0.2, 0) is 20.9 Å². The summed E-state index contributed by atoms with van der Waals surface area (Å²) >= 11 is 0. The molecule has 1 fully saturated rings. The Kier molecular flexibility index (Phi) is 4.99. The minimum atomic E-state index is -1.52. The molecule has 0 radical (unpaired) electrons. The first-order chi connectivity index (χ1) is 10.5. The largest absolute Gasteiger partial charge is 0.467 e. The highest BCUT2D eigenvalue weighted by molar-refractivity contribution is 5.82. The lowest BCUT2D eigenvalue weighted by molar-refractivity contribution is -0.145. The number of likely N-dealkylation sites (tertiary alicyclic amines) is 1. The second-order valence-corrected chi connectivity index (χ2v) is 5.29. The molecular weight excluding hydrogens is 290 g/mol. The van der Waals surface area contributed by atoms with Gasteiger partial charge in [0.2, 0.25) is 0 Å². The van der Waals surface area contributed by atoms with Crippen LogP contribution in [0.15, 0.2) is 30.3 Å². The maximum atomic E-state index is 12.2. The molecule has 0 aromatic heterocycles. The van der Waals surface area contributed by atoms with Gasteiger partial charge in [0.15, 0.2) is 0 Å². The first-order valence-electron chi connectivity index (χ1n) is 6.87. The fourth-order valence-corrected chi connectivity index (χ4v) is 2.42. The first-order valence-corrected chi connectivity index (χ1v) is 6.87. The molecule has 2 N–H and O–H groups in total. The number of aliphatic hydroxyl groups is 2. The maximum Gasteiger partial charge on any atom is 0.410 e. The number of β-amino-alcohol motifs (C(OH)–C–C–N with tert-alkyl or cyclic N) is 1. The molecule has 0 saturated carbocycles. The number of methoxy groups -OCH3 is 1. The number of hydrogen-bond donors (Lipinski definition) is 2. The number of aliphatic hydroxyl groups excluding tert-OH is 1. The van der Waals surface area contributed by atoms with Crippen LogP contribution in [0.3, 0.4) is 0 Å². The molecule has 22 heavy (non-hydrogen) atoms. The van der Waals surface area contributed by atoms with E-state index >= 15 is 0 Å². The lowest BCUT2D eigenvalue weighted by atomic mass is 10.0. The molecule has 0 unspecified atom stereocenters. The normalized spacial score (nSPS) is 24.1. The Morgan fingerprint density at radius 1 is 1.36 bits per heavy atom. The van der Waals surface area contributed by atoms with Crippen molar-refractivity contribution in [2.24, 2.45) is 0 Å². The zero-order valence-corrected chi connectivity index (χ0v) is 12.3. The van der Waals surface area contributed by atoms with E-state index in [9.17, 15) is 19.8 Å². The summed E-state index contributed by atoms with van der Waals surface area (Å²) in [6, 6.07) is 8.13. The van der Waals surface area contributed by atoms with Crippen molar-refractivity contribution in [3.8, 4) is 0 Å². The average Bonchev–Trinajstić information content (AvgIpc) is 2.91. The van der Waals surface area contributed by atoms with Gasteiger partial charge in [0.05, 0.1) is 20.3 Å². The molecule has 1 aromatic carbocycles. The maximum absolute atomic E-state index is 12.2. The number of carbonyl (C=O) groups excluding carboxylic acids is 2. The van der Waals surface area contributed by atoms with Crippen molar-refractivity contribution in [2.75, 3.05) is 20.3 Å². The third-order valence-electron chi connectivity index (χ3n) is 3.62. The van der Waals surface area contributed by atoms with Crippen molar-refractivity contribution in [3.05, 3.63) is 35.9 Å². The fraction of sp³-hybridized carbons (Fsp3) is 0.467. The quantitative estimate of drug-likeness (QED) is 0.776. The second kappa shape index (κ2) is 6.76. The molecule has 0 aliphatic carbocycles. The number of amides is 1. The van der Waals surface area contributed by atoms with E-state index in [2.05, 4.69) is 4.74 Å². The Bertz CT molecular complexity index is 534. The predicted molar refractivity (Wildman–Crippen MR) is 75.8 cm³/mol. The van der Waals surface area contributed by atoms with Crippen LogP contribution in [-0.4, -0.2) is 59.1 Å². The average molecular weight is 309 g/mol. The van der Waals surface area contributed by atoms with Gasteiger partial charge in [-0.05, 0) is 5.56 Å². The van der Waals surface area contributed by atoms with Gasteiger partial charge in [0.1, 0.15) is 18.2 Å². The molecule has 1 saturated heterocycles. The van der Waals surface area contributed by atoms with Crippen LogP contribution in [0, 0.1) is 0 Å². The standard InChI is InChI=1S/C15H19NO6/c1-21-13(18)12-7-15(20,10-17)9-16(12)14(19)22-8-11-5-3-2-4-6-11/h2-6,12,17,20H,7-10H2,1H3/t12-,15+/m0/s1. The summed E-state index contributed by atoms with van der Waals surface area (Å²) in [4.78, 5) is 25.0. The van der Waals surface area contributed by atoms with Crippen molar-refractivity contribution in [3.63, 3.8) is 0 Å². The SMILES string of the molecule is COC(=O)[C@@H]1C[C@](O)(CO)CN1C(=O)OCc1ccccc1. The second-order valence-electron chi connectivity index (χ2n) is 5.29. The predicted octanol–water partition coefficient (Wildman–Crippen LogP) is 0.294. The van der Waals surface area contributed by atoms with Crippen LogP contribution < -0.4 is 0 Å². The fourth-order valence-electron chi connectivity index (χ4n) is 2.42. The van der Waals surface area contributed by atoms with E-state index in [0.29, 0.717) is 0 Å². The Labute approximate surface area is 128 Å². The number of nitrogens with zero attached hydrogens (tertiary/aromatic N) is 1. The molecule has 2 rings (SSSR count). The number of benzene rings is 1. The highest BCUT2D eigenvalue weighted by atomic mass is 16.6. The molecule has 1 aliphatic rings. The smallest absolute Gasteiger partial charge is 0.410 e. The molecule has 7 nitrogen and oxygen atoms in total. The van der Waals surface area contributed by atoms with Crippen molar-refractivity contribution in [2.45, 2.75) is 24.7 Å². The van der Waals surface area contributed by atoms with Gasteiger partial charge in [0, 0.05) is 6.42 Å². The molecule has 0 spiro atoms. The van der Waals surface area contributed by atoms with Gasteiger partial charge in [-0.3, -0.25) is 4.90 Å². The minimum Gasteiger partial charge on any atom is -0.467 e. The van der Waals surface area contributed by atoms with Gasteiger partial charge in [-0.2, -0.15) is 0 Å². The summed E-state index contributed by atoms with van der Waals surface area (Å²) in [5.74, 6) is -0.652. The Balaban J connectivity index is 2.04. The zero-order valence-electron chi connectivity index (χ0n) is 12.3. The van der Waals surface area contributed by atoms with Crippen molar-refractivity contribution < 1.29 is 29.3 Å². The number of carbonyl (C=O) groups is 2. The van der Waals surface area contributed by atoms with E-state index in [0.717, 1.165) is 10.5 Å². The summed E-state index contributed by atoms with van der Waals surface area (Å²) in [5.41, 5.74) is -0.716. The number of ether oxygens (including phenoxy) is 2. The van der Waals surface area contributed by atoms with E-state index in [-0.39, 0.29) is 19.6 Å². The molecule has 1 heterocycles. The first kappa shape index (κ1) is 16.3. The van der Waals surface area contributed by atoms with Crippen LogP contribution in [0.25, 0.3) is 0 Å². The topological polar surface area (TPSA) is 96.3 Å². The van der Waals surface area contributed by atoms with Crippen LogP contribution in [0.4, 0.5) is 4.79 Å². The highest BCUT2D eigenvalue weighted by Gasteiger charge is 2.48. The van der Waals surface area contributed by atoms with E-state index in [4.69, 9.17) is 4.74 Å². The number of hydrogen-bond acceptors (Lipinski definition) is 6. The van der Waals surface area contributed by atoms with E-state index < -0.39 is 30.3 Å². The molecule has 7 heteroatoms. The Morgan fingerprint density at radius 2 is 2.05 bits per heavy atom. The summed E-state index contributed by atoms with van der Waals surface area (Å²) in [6.07, 6.45) is -0.819. The molecule has 0 bridgehead atoms. The highest BCUT2D eigenvalue weighted by Crippen LogP contribution is 2.28. The molecule has 1 amide bonds. The van der Waals surface area contributed by atoms with Crippen molar-refractivity contribution in [1.29, 1.82) is 0 Å². The van der Waals surface area contributed by atoms with E-state index in [1.807, 2.05) is 18.2 Å². The minimum absolute atomic E-state index is 0.0572. The molecule has 120 valence electrons. The third kappa shape index (κ3) is 3.55. The molecule has 2 atom stereocenters. The number of esters is 1.